The van der Waals surface area contributed by atoms with Crippen LogP contribution in [0.3, 0.4) is 0 Å². The number of ether oxygens (including phenoxy) is 3. The molecule has 0 aliphatic carbocycles. The largest absolute Gasteiger partial charge is 0.493 e. The molecular formula is C16H22N2O4. The summed E-state index contributed by atoms with van der Waals surface area (Å²) in [7, 11) is 1.62. The van der Waals surface area contributed by atoms with E-state index in [9.17, 15) is 4.79 Å². The maximum absolute atomic E-state index is 12.2. The van der Waals surface area contributed by atoms with Crippen LogP contribution in [0.1, 0.15) is 6.42 Å². The minimum Gasteiger partial charge on any atom is -0.493 e. The number of morpholine rings is 1. The average Bonchev–Trinajstić information content (AvgIpc) is 2.51. The Balaban J connectivity index is 1.44. The van der Waals surface area contributed by atoms with Gasteiger partial charge in [0.05, 0.1) is 33.4 Å². The van der Waals surface area contributed by atoms with Gasteiger partial charge in [-0.1, -0.05) is 12.1 Å². The third-order valence-corrected chi connectivity index (χ3v) is 3.98. The third-order valence-electron chi connectivity index (χ3n) is 3.98. The molecule has 0 saturated carbocycles. The standard InChI is InChI=1S/C16H22N2O4/c1-20-14-4-2-3-5-15(14)22-13-9-18(10-13)16(19)8-12-11-21-7-6-17-12/h2-5,12-13,17H,6-11H2,1H3/t12-/m1/s1. The minimum atomic E-state index is 0.0378. The molecule has 6 nitrogen and oxygen atoms in total. The Morgan fingerprint density at radius 1 is 1.36 bits per heavy atom. The fraction of sp³-hybridized carbons (Fsp3) is 0.562. The van der Waals surface area contributed by atoms with E-state index in [-0.39, 0.29) is 18.1 Å². The smallest absolute Gasteiger partial charge is 0.224 e. The van der Waals surface area contributed by atoms with Gasteiger partial charge in [0.2, 0.25) is 5.91 Å². The molecule has 3 rings (SSSR count). The third kappa shape index (κ3) is 3.51. The summed E-state index contributed by atoms with van der Waals surface area (Å²) in [6, 6.07) is 7.70. The first-order valence-corrected chi connectivity index (χ1v) is 7.65. The zero-order valence-electron chi connectivity index (χ0n) is 12.8. The van der Waals surface area contributed by atoms with Crippen LogP contribution in [0.5, 0.6) is 11.5 Å². The fourth-order valence-electron chi connectivity index (χ4n) is 2.70. The molecule has 22 heavy (non-hydrogen) atoms. The van der Waals surface area contributed by atoms with E-state index in [4.69, 9.17) is 14.2 Å². The number of benzene rings is 1. The van der Waals surface area contributed by atoms with Crippen molar-refractivity contribution in [3.8, 4) is 11.5 Å². The highest BCUT2D eigenvalue weighted by Gasteiger charge is 2.33. The Hall–Kier alpha value is -1.79. The van der Waals surface area contributed by atoms with Gasteiger partial charge in [-0.05, 0) is 12.1 Å². The highest BCUT2D eigenvalue weighted by atomic mass is 16.5. The Morgan fingerprint density at radius 2 is 2.14 bits per heavy atom. The van der Waals surface area contributed by atoms with Crippen molar-refractivity contribution in [2.75, 3.05) is 40.0 Å². The Morgan fingerprint density at radius 3 is 2.82 bits per heavy atom. The average molecular weight is 306 g/mol. The topological polar surface area (TPSA) is 60.0 Å². The maximum atomic E-state index is 12.2. The number of nitrogens with one attached hydrogen (secondary N) is 1. The van der Waals surface area contributed by atoms with Gasteiger partial charge in [0.25, 0.3) is 0 Å². The van der Waals surface area contributed by atoms with Crippen LogP contribution in [0.15, 0.2) is 24.3 Å². The predicted molar refractivity (Wildman–Crippen MR) is 81.2 cm³/mol. The van der Waals surface area contributed by atoms with Gasteiger partial charge >= 0.3 is 0 Å². The number of hydrogen-bond acceptors (Lipinski definition) is 5. The molecule has 2 aliphatic heterocycles. The van der Waals surface area contributed by atoms with Crippen LogP contribution in [0.2, 0.25) is 0 Å². The number of carbonyl (C=O) groups excluding carboxylic acids is 1. The maximum Gasteiger partial charge on any atom is 0.224 e. The van der Waals surface area contributed by atoms with Gasteiger partial charge in [-0.2, -0.15) is 0 Å². The van der Waals surface area contributed by atoms with Crippen molar-refractivity contribution in [2.24, 2.45) is 0 Å². The highest BCUT2D eigenvalue weighted by Crippen LogP contribution is 2.28. The zero-order valence-corrected chi connectivity index (χ0v) is 12.8. The second-order valence-corrected chi connectivity index (χ2v) is 5.62. The lowest BCUT2D eigenvalue weighted by molar-refractivity contribution is -0.141. The van der Waals surface area contributed by atoms with Gasteiger partial charge < -0.3 is 24.4 Å². The van der Waals surface area contributed by atoms with Crippen LogP contribution in [-0.2, 0) is 9.53 Å². The Kier molecular flexibility index (Phi) is 4.80. The van der Waals surface area contributed by atoms with Gasteiger partial charge in [-0.15, -0.1) is 0 Å². The van der Waals surface area contributed by atoms with Crippen molar-refractivity contribution in [1.29, 1.82) is 0 Å². The SMILES string of the molecule is COc1ccccc1OC1CN(C(=O)C[C@@H]2COCCN2)C1. The molecule has 1 amide bonds. The molecule has 1 atom stereocenters. The molecule has 1 N–H and O–H groups in total. The summed E-state index contributed by atoms with van der Waals surface area (Å²) < 4.78 is 16.5. The first kappa shape index (κ1) is 15.1. The lowest BCUT2D eigenvalue weighted by atomic mass is 10.1. The summed E-state index contributed by atoms with van der Waals surface area (Å²) >= 11 is 0. The van der Waals surface area contributed by atoms with Crippen LogP contribution in [0, 0.1) is 0 Å². The molecule has 2 aliphatic rings. The van der Waals surface area contributed by atoms with Crippen LogP contribution in [-0.4, -0.2) is 62.9 Å². The van der Waals surface area contributed by atoms with Crippen LogP contribution >= 0.6 is 0 Å². The molecule has 2 fully saturated rings. The van der Waals surface area contributed by atoms with Gasteiger partial charge in [0.1, 0.15) is 6.10 Å². The minimum absolute atomic E-state index is 0.0378. The molecule has 0 radical (unpaired) electrons. The number of rotatable bonds is 5. The van der Waals surface area contributed by atoms with E-state index in [0.29, 0.717) is 26.1 Å². The molecule has 0 aromatic heterocycles. The molecule has 6 heteroatoms. The summed E-state index contributed by atoms with van der Waals surface area (Å²) in [6.07, 6.45) is 0.525. The quantitative estimate of drug-likeness (QED) is 0.866. The molecule has 1 aromatic carbocycles. The van der Waals surface area contributed by atoms with Crippen molar-refractivity contribution >= 4 is 5.91 Å². The number of hydrogen-bond donors (Lipinski definition) is 1. The van der Waals surface area contributed by atoms with Crippen LogP contribution < -0.4 is 14.8 Å². The van der Waals surface area contributed by atoms with Crippen molar-refractivity contribution in [3.05, 3.63) is 24.3 Å². The molecular weight excluding hydrogens is 284 g/mol. The molecule has 0 spiro atoms. The molecule has 2 saturated heterocycles. The van der Waals surface area contributed by atoms with Crippen LogP contribution in [0.4, 0.5) is 0 Å². The summed E-state index contributed by atoms with van der Waals surface area (Å²) in [5, 5.41) is 3.30. The van der Waals surface area contributed by atoms with Crippen molar-refractivity contribution in [3.63, 3.8) is 0 Å². The van der Waals surface area contributed by atoms with E-state index >= 15 is 0 Å². The monoisotopic (exact) mass is 306 g/mol. The molecule has 0 unspecified atom stereocenters. The molecule has 120 valence electrons. The van der Waals surface area contributed by atoms with E-state index in [1.807, 2.05) is 29.2 Å². The number of likely N-dealkylation sites (tertiary alicyclic amines) is 1. The summed E-state index contributed by atoms with van der Waals surface area (Å²) in [4.78, 5) is 14.0. The highest BCUT2D eigenvalue weighted by molar-refractivity contribution is 5.77. The number of nitrogens with zero attached hydrogens (tertiary/aromatic N) is 1. The van der Waals surface area contributed by atoms with Gasteiger partial charge in [-0.25, -0.2) is 0 Å². The van der Waals surface area contributed by atoms with Crippen molar-refractivity contribution in [2.45, 2.75) is 18.6 Å². The van der Waals surface area contributed by atoms with Crippen LogP contribution in [0.25, 0.3) is 0 Å². The molecule has 0 bridgehead atoms. The lowest BCUT2D eigenvalue weighted by Crippen LogP contribution is -2.57. The Bertz CT molecular complexity index is 511. The summed E-state index contributed by atoms with van der Waals surface area (Å²) in [5.41, 5.74) is 0. The van der Waals surface area contributed by atoms with E-state index < -0.39 is 0 Å². The van der Waals surface area contributed by atoms with Gasteiger partial charge in [0, 0.05) is 19.0 Å². The number of para-hydroxylation sites is 2. The van der Waals surface area contributed by atoms with E-state index in [1.54, 1.807) is 7.11 Å². The van der Waals surface area contributed by atoms with Crippen molar-refractivity contribution in [1.82, 2.24) is 10.2 Å². The number of methoxy groups -OCH3 is 1. The Labute approximate surface area is 130 Å². The summed E-state index contributed by atoms with van der Waals surface area (Å²) in [6.45, 7) is 3.41. The lowest BCUT2D eigenvalue weighted by Gasteiger charge is -2.40. The van der Waals surface area contributed by atoms with E-state index in [2.05, 4.69) is 5.32 Å². The van der Waals surface area contributed by atoms with E-state index in [0.717, 1.165) is 24.7 Å². The number of carbonyl (C=O) groups is 1. The molecule has 2 heterocycles. The fourth-order valence-corrected chi connectivity index (χ4v) is 2.70. The zero-order chi connectivity index (χ0) is 15.4. The predicted octanol–water partition coefficient (Wildman–Crippen LogP) is 0.663. The first-order valence-electron chi connectivity index (χ1n) is 7.65. The molecule has 1 aromatic rings. The van der Waals surface area contributed by atoms with Gasteiger partial charge in [-0.3, -0.25) is 4.79 Å². The van der Waals surface area contributed by atoms with Gasteiger partial charge in [0.15, 0.2) is 11.5 Å². The number of amides is 1. The second-order valence-electron chi connectivity index (χ2n) is 5.62. The van der Waals surface area contributed by atoms with Crippen molar-refractivity contribution < 1.29 is 19.0 Å². The first-order chi connectivity index (χ1) is 10.8. The summed E-state index contributed by atoms with van der Waals surface area (Å²) in [5.74, 6) is 1.60. The van der Waals surface area contributed by atoms with E-state index in [1.165, 1.54) is 0 Å². The second kappa shape index (κ2) is 6.98. The normalized spacial score (nSPS) is 22.0.